The maximum atomic E-state index is 12.8. The Bertz CT molecular complexity index is 865. The molecule has 2 heterocycles. The summed E-state index contributed by atoms with van der Waals surface area (Å²) in [4.78, 5) is 32.6. The number of carbonyl (C=O) groups is 2. The fraction of sp³-hybridized carbons (Fsp3) is 0.609. The van der Waals surface area contributed by atoms with E-state index < -0.39 is 12.1 Å². The van der Waals surface area contributed by atoms with Crippen molar-refractivity contribution in [3.8, 4) is 0 Å². The van der Waals surface area contributed by atoms with Crippen LogP contribution in [0.4, 0.5) is 0 Å². The van der Waals surface area contributed by atoms with Crippen LogP contribution in [0.5, 0.6) is 0 Å². The van der Waals surface area contributed by atoms with Gasteiger partial charge in [-0.1, -0.05) is 45.4 Å². The van der Waals surface area contributed by atoms with Crippen molar-refractivity contribution in [3.63, 3.8) is 0 Å². The van der Waals surface area contributed by atoms with Crippen LogP contribution in [-0.2, 0) is 9.59 Å². The molecule has 30 heavy (non-hydrogen) atoms. The minimum atomic E-state index is -0.647. The first-order chi connectivity index (χ1) is 14.0. The molecule has 0 saturated carbocycles. The van der Waals surface area contributed by atoms with Gasteiger partial charge in [0.2, 0.25) is 11.8 Å². The van der Waals surface area contributed by atoms with E-state index in [1.807, 2.05) is 33.2 Å². The van der Waals surface area contributed by atoms with Crippen molar-refractivity contribution >= 4 is 28.7 Å². The first-order valence-electron chi connectivity index (χ1n) is 10.6. The summed E-state index contributed by atoms with van der Waals surface area (Å²) in [5.74, 6) is 0.104. The first kappa shape index (κ1) is 22.7. The number of β-amino-alcohol motifs (C(OH)–C–C–N with tert-alkyl or cyclic N) is 1. The second-order valence-electron chi connectivity index (χ2n) is 9.73. The molecule has 164 valence electrons. The molecular formula is C23H33N3O3S. The molecule has 1 aromatic rings. The highest BCUT2D eigenvalue weighted by atomic mass is 32.1. The SMILES string of the molecule is Cc1ncsc1C1=CC=C(CNC(=O)[C@@H]2C[C@@H](O)CN2C(=O)CC(C)(C)C)CC1C. The molecule has 2 amide bonds. The highest BCUT2D eigenvalue weighted by Crippen LogP contribution is 2.35. The quantitative estimate of drug-likeness (QED) is 0.749. The van der Waals surface area contributed by atoms with Gasteiger partial charge in [-0.15, -0.1) is 11.3 Å². The Labute approximate surface area is 183 Å². The molecule has 6 nitrogen and oxygen atoms in total. The number of rotatable bonds is 5. The molecule has 0 spiro atoms. The van der Waals surface area contributed by atoms with Crippen LogP contribution in [0.1, 0.15) is 57.5 Å². The summed E-state index contributed by atoms with van der Waals surface area (Å²) in [5.41, 5.74) is 5.23. The minimum Gasteiger partial charge on any atom is -0.391 e. The van der Waals surface area contributed by atoms with Gasteiger partial charge in [0.1, 0.15) is 6.04 Å². The number of carbonyl (C=O) groups excluding carboxylic acids is 2. The molecule has 1 unspecified atom stereocenters. The number of aryl methyl sites for hydroxylation is 1. The fourth-order valence-corrected chi connectivity index (χ4v) is 5.11. The smallest absolute Gasteiger partial charge is 0.243 e. The van der Waals surface area contributed by atoms with E-state index in [1.165, 1.54) is 10.5 Å². The number of hydrogen-bond donors (Lipinski definition) is 2. The Morgan fingerprint density at radius 3 is 2.67 bits per heavy atom. The number of amides is 2. The zero-order chi connectivity index (χ0) is 22.1. The molecule has 0 bridgehead atoms. The van der Waals surface area contributed by atoms with Gasteiger partial charge in [0.15, 0.2) is 0 Å². The van der Waals surface area contributed by atoms with Crippen LogP contribution in [0.3, 0.4) is 0 Å². The van der Waals surface area contributed by atoms with Crippen LogP contribution in [0.2, 0.25) is 0 Å². The van der Waals surface area contributed by atoms with Crippen LogP contribution in [0, 0.1) is 18.3 Å². The predicted octanol–water partition coefficient (Wildman–Crippen LogP) is 3.32. The molecule has 0 aromatic carbocycles. The Morgan fingerprint density at radius 1 is 1.33 bits per heavy atom. The number of nitrogens with one attached hydrogen (secondary N) is 1. The Balaban J connectivity index is 1.62. The maximum Gasteiger partial charge on any atom is 0.243 e. The van der Waals surface area contributed by atoms with Crippen molar-refractivity contribution in [1.29, 1.82) is 0 Å². The summed E-state index contributed by atoms with van der Waals surface area (Å²) in [6.45, 7) is 10.9. The van der Waals surface area contributed by atoms with Crippen LogP contribution >= 0.6 is 11.3 Å². The summed E-state index contributed by atoms with van der Waals surface area (Å²) >= 11 is 1.66. The normalized spacial score (nSPS) is 24.5. The fourth-order valence-electron chi connectivity index (χ4n) is 4.16. The first-order valence-corrected chi connectivity index (χ1v) is 11.5. The van der Waals surface area contributed by atoms with E-state index in [4.69, 9.17) is 0 Å². The zero-order valence-electron chi connectivity index (χ0n) is 18.6. The number of aliphatic hydroxyl groups excluding tert-OH is 1. The lowest BCUT2D eigenvalue weighted by Gasteiger charge is -2.28. The molecule has 0 radical (unpaired) electrons. The lowest BCUT2D eigenvalue weighted by Crippen LogP contribution is -2.47. The van der Waals surface area contributed by atoms with E-state index in [1.54, 1.807) is 16.2 Å². The van der Waals surface area contributed by atoms with Crippen LogP contribution in [0.15, 0.2) is 23.2 Å². The number of aromatic nitrogens is 1. The molecule has 1 saturated heterocycles. The van der Waals surface area contributed by atoms with Gasteiger partial charge in [0.05, 0.1) is 22.2 Å². The number of thiazole rings is 1. The van der Waals surface area contributed by atoms with Crippen molar-refractivity contribution in [3.05, 3.63) is 33.8 Å². The Morgan fingerprint density at radius 2 is 2.07 bits per heavy atom. The number of aliphatic hydroxyl groups is 1. The molecule has 1 aliphatic carbocycles. The van der Waals surface area contributed by atoms with E-state index in [0.29, 0.717) is 25.3 Å². The van der Waals surface area contributed by atoms with E-state index in [2.05, 4.69) is 29.4 Å². The number of hydrogen-bond acceptors (Lipinski definition) is 5. The monoisotopic (exact) mass is 431 g/mol. The highest BCUT2D eigenvalue weighted by Gasteiger charge is 2.39. The van der Waals surface area contributed by atoms with Crippen LogP contribution < -0.4 is 5.32 Å². The van der Waals surface area contributed by atoms with Gasteiger partial charge in [0.25, 0.3) is 0 Å². The molecule has 1 aliphatic heterocycles. The van der Waals surface area contributed by atoms with E-state index in [-0.39, 0.29) is 23.8 Å². The molecule has 2 N–H and O–H groups in total. The molecule has 2 aliphatic rings. The van der Waals surface area contributed by atoms with E-state index in [0.717, 1.165) is 17.7 Å². The summed E-state index contributed by atoms with van der Waals surface area (Å²) < 4.78 is 0. The minimum absolute atomic E-state index is 0.0720. The summed E-state index contributed by atoms with van der Waals surface area (Å²) in [5, 5.41) is 13.1. The van der Waals surface area contributed by atoms with Gasteiger partial charge >= 0.3 is 0 Å². The van der Waals surface area contributed by atoms with Gasteiger partial charge in [-0.2, -0.15) is 0 Å². The molecule has 1 aromatic heterocycles. The van der Waals surface area contributed by atoms with Gasteiger partial charge < -0.3 is 15.3 Å². The van der Waals surface area contributed by atoms with Gasteiger partial charge in [0, 0.05) is 25.9 Å². The summed E-state index contributed by atoms with van der Waals surface area (Å²) in [6, 6.07) is -0.595. The third kappa shape index (κ3) is 5.38. The predicted molar refractivity (Wildman–Crippen MR) is 120 cm³/mol. The standard InChI is InChI=1S/C23H33N3O3S/c1-14-8-16(6-7-18(14)21-15(2)25-13-30-21)11-24-22(29)19-9-17(27)12-26(19)20(28)10-23(3,4)5/h6-7,13-14,17,19,27H,8-12H2,1-5H3,(H,24,29)/t14?,17-,19+/m1/s1. The molecule has 7 heteroatoms. The molecule has 3 atom stereocenters. The zero-order valence-corrected chi connectivity index (χ0v) is 19.4. The lowest BCUT2D eigenvalue weighted by molar-refractivity contribution is -0.139. The molecule has 1 fully saturated rings. The van der Waals surface area contributed by atoms with Gasteiger partial charge in [-0.3, -0.25) is 9.59 Å². The van der Waals surface area contributed by atoms with Crippen LogP contribution in [-0.4, -0.2) is 52.0 Å². The molecular weight excluding hydrogens is 398 g/mol. The Kier molecular flexibility index (Phi) is 6.82. The summed E-state index contributed by atoms with van der Waals surface area (Å²) in [6.07, 6.45) is 5.10. The lowest BCUT2D eigenvalue weighted by atomic mass is 9.87. The largest absolute Gasteiger partial charge is 0.391 e. The summed E-state index contributed by atoms with van der Waals surface area (Å²) in [7, 11) is 0. The van der Waals surface area contributed by atoms with Crippen molar-refractivity contribution in [2.75, 3.05) is 13.1 Å². The van der Waals surface area contributed by atoms with Gasteiger partial charge in [-0.05, 0) is 30.3 Å². The highest BCUT2D eigenvalue weighted by molar-refractivity contribution is 7.10. The third-order valence-corrected chi connectivity index (χ3v) is 6.66. The van der Waals surface area contributed by atoms with Crippen molar-refractivity contribution in [2.45, 2.75) is 66.0 Å². The van der Waals surface area contributed by atoms with E-state index >= 15 is 0 Å². The topological polar surface area (TPSA) is 82.5 Å². The third-order valence-electron chi connectivity index (χ3n) is 5.68. The average molecular weight is 432 g/mol. The second kappa shape index (κ2) is 9.02. The van der Waals surface area contributed by atoms with Crippen molar-refractivity contribution in [1.82, 2.24) is 15.2 Å². The number of allylic oxidation sites excluding steroid dienone is 3. The van der Waals surface area contributed by atoms with Gasteiger partial charge in [-0.25, -0.2) is 4.98 Å². The Hall–Kier alpha value is -1.99. The van der Waals surface area contributed by atoms with Crippen molar-refractivity contribution < 1.29 is 14.7 Å². The maximum absolute atomic E-state index is 12.8. The molecule has 3 rings (SSSR count). The van der Waals surface area contributed by atoms with Crippen LogP contribution in [0.25, 0.3) is 5.57 Å². The van der Waals surface area contributed by atoms with Crippen molar-refractivity contribution in [2.24, 2.45) is 11.3 Å². The number of likely N-dealkylation sites (tertiary alicyclic amines) is 1. The second-order valence-corrected chi connectivity index (χ2v) is 10.6. The number of nitrogens with zero attached hydrogens (tertiary/aromatic N) is 2. The average Bonchev–Trinajstić information content (AvgIpc) is 3.24. The van der Waals surface area contributed by atoms with E-state index in [9.17, 15) is 14.7 Å².